The van der Waals surface area contributed by atoms with Crippen LogP contribution in [0.4, 0.5) is 0 Å². The number of aliphatic hydroxyl groups is 2. The molecule has 3 aliphatic rings. The maximum atomic E-state index is 11.2. The molecular weight excluding hydrogens is 382 g/mol. The number of ether oxygens (including phenoxy) is 2. The molecule has 2 atom stereocenters. The van der Waals surface area contributed by atoms with Gasteiger partial charge in [-0.2, -0.15) is 0 Å². The molecule has 5 rings (SSSR count). The average molecular weight is 409 g/mol. The van der Waals surface area contributed by atoms with Crippen LogP contribution in [0.15, 0.2) is 42.6 Å². The van der Waals surface area contributed by atoms with Crippen LogP contribution in [0.5, 0.6) is 5.88 Å². The Kier molecular flexibility index (Phi) is 4.57. The Balaban J connectivity index is 1.24. The summed E-state index contributed by atoms with van der Waals surface area (Å²) in [6.45, 7) is 2.20. The molecule has 1 aliphatic carbocycles. The number of methoxy groups -OCH3 is 1. The van der Waals surface area contributed by atoms with Crippen LogP contribution in [0, 0.1) is 17.2 Å². The predicted molar refractivity (Wildman–Crippen MR) is 110 cm³/mol. The van der Waals surface area contributed by atoms with Gasteiger partial charge in [-0.25, -0.2) is 4.98 Å². The zero-order chi connectivity index (χ0) is 20.9. The molecule has 1 aromatic heterocycles. The van der Waals surface area contributed by atoms with Crippen molar-refractivity contribution in [3.8, 4) is 5.88 Å². The summed E-state index contributed by atoms with van der Waals surface area (Å²) in [4.78, 5) is 6.35. The second kappa shape index (κ2) is 7.04. The van der Waals surface area contributed by atoms with E-state index in [0.29, 0.717) is 49.6 Å². The predicted octanol–water partition coefficient (Wildman–Crippen LogP) is 1.86. The highest BCUT2D eigenvalue weighted by atomic mass is 16.5. The molecule has 0 bridgehead atoms. The van der Waals surface area contributed by atoms with Crippen LogP contribution in [-0.4, -0.2) is 59.3 Å². The fraction of sp³-hybridized carbons (Fsp3) is 0.478. The van der Waals surface area contributed by atoms with E-state index >= 15 is 0 Å². The summed E-state index contributed by atoms with van der Waals surface area (Å²) in [5.41, 5.74) is 0.781. The van der Waals surface area contributed by atoms with Gasteiger partial charge in [-0.05, 0) is 36.3 Å². The van der Waals surface area contributed by atoms with Gasteiger partial charge in [0.15, 0.2) is 0 Å². The van der Waals surface area contributed by atoms with Crippen LogP contribution in [0.25, 0.3) is 0 Å². The van der Waals surface area contributed by atoms with E-state index in [1.165, 1.54) is 0 Å². The average Bonchev–Trinajstić information content (AvgIpc) is 3.27. The topological polar surface area (TPSA) is 98.9 Å². The molecule has 3 fully saturated rings. The number of nitrogens with zero attached hydrogens (tertiary/aromatic N) is 2. The molecule has 3 heterocycles. The van der Waals surface area contributed by atoms with Crippen molar-refractivity contribution in [2.75, 3.05) is 33.4 Å². The summed E-state index contributed by atoms with van der Waals surface area (Å²) in [7, 11) is 1.58. The van der Waals surface area contributed by atoms with E-state index < -0.39 is 11.2 Å². The fourth-order valence-corrected chi connectivity index (χ4v) is 5.13. The number of hydrogen-bond donors (Lipinski definition) is 3. The highest BCUT2D eigenvalue weighted by molar-refractivity contribution is 5.96. The molecule has 2 aliphatic heterocycles. The van der Waals surface area contributed by atoms with Gasteiger partial charge in [0, 0.05) is 36.5 Å². The molecule has 0 radical (unpaired) electrons. The molecule has 7 heteroatoms. The molecule has 2 aromatic rings. The molecule has 3 N–H and O–H groups in total. The highest BCUT2D eigenvalue weighted by Crippen LogP contribution is 2.49. The lowest BCUT2D eigenvalue weighted by Crippen LogP contribution is -2.46. The smallest absolute Gasteiger partial charge is 0.212 e. The molecule has 2 saturated heterocycles. The summed E-state index contributed by atoms with van der Waals surface area (Å²) in [5, 5.41) is 30.3. The SMILES string of the molecule is COc1ccc(C2(O)CC3CN(C(=N)c4ccc(C5(O)COC5)cc4)CC3C2)cn1. The van der Waals surface area contributed by atoms with Crippen LogP contribution in [-0.2, 0) is 15.9 Å². The summed E-state index contributed by atoms with van der Waals surface area (Å²) in [5.74, 6) is 1.75. The number of likely N-dealkylation sites (tertiary alicyclic amines) is 1. The lowest BCUT2D eigenvalue weighted by Gasteiger charge is -2.36. The van der Waals surface area contributed by atoms with Gasteiger partial charge in [0.1, 0.15) is 11.4 Å². The molecular formula is C23H27N3O4. The minimum atomic E-state index is -0.883. The molecule has 158 valence electrons. The van der Waals surface area contributed by atoms with Gasteiger partial charge in [-0.15, -0.1) is 0 Å². The van der Waals surface area contributed by atoms with E-state index in [9.17, 15) is 10.2 Å². The number of aromatic nitrogens is 1. The number of pyridine rings is 1. The van der Waals surface area contributed by atoms with Crippen LogP contribution >= 0.6 is 0 Å². The van der Waals surface area contributed by atoms with E-state index in [2.05, 4.69) is 9.88 Å². The van der Waals surface area contributed by atoms with E-state index in [4.69, 9.17) is 14.9 Å². The van der Waals surface area contributed by atoms with Gasteiger partial charge in [-0.1, -0.05) is 24.3 Å². The summed E-state index contributed by atoms with van der Waals surface area (Å²) < 4.78 is 10.2. The van der Waals surface area contributed by atoms with E-state index in [1.807, 2.05) is 30.3 Å². The Labute approximate surface area is 175 Å². The van der Waals surface area contributed by atoms with Crippen molar-refractivity contribution in [3.63, 3.8) is 0 Å². The minimum Gasteiger partial charge on any atom is -0.481 e. The first-order valence-corrected chi connectivity index (χ1v) is 10.4. The number of hydrogen-bond acceptors (Lipinski definition) is 6. The zero-order valence-corrected chi connectivity index (χ0v) is 17.0. The van der Waals surface area contributed by atoms with Gasteiger partial charge in [0.05, 0.1) is 25.9 Å². The third kappa shape index (κ3) is 3.17. The summed E-state index contributed by atoms with van der Waals surface area (Å²) >= 11 is 0. The summed E-state index contributed by atoms with van der Waals surface area (Å²) in [6, 6.07) is 11.3. The van der Waals surface area contributed by atoms with Gasteiger partial charge in [-0.3, -0.25) is 5.41 Å². The highest BCUT2D eigenvalue weighted by Gasteiger charge is 2.49. The third-order valence-corrected chi connectivity index (χ3v) is 6.95. The minimum absolute atomic E-state index is 0.325. The van der Waals surface area contributed by atoms with Crippen molar-refractivity contribution >= 4 is 5.84 Å². The Morgan fingerprint density at radius 1 is 1.03 bits per heavy atom. The third-order valence-electron chi connectivity index (χ3n) is 6.95. The van der Waals surface area contributed by atoms with Crippen LogP contribution in [0.3, 0.4) is 0 Å². The lowest BCUT2D eigenvalue weighted by atomic mass is 9.91. The van der Waals surface area contributed by atoms with Gasteiger partial charge in [0.25, 0.3) is 0 Å². The van der Waals surface area contributed by atoms with E-state index in [-0.39, 0.29) is 0 Å². The van der Waals surface area contributed by atoms with Crippen LogP contribution in [0.1, 0.15) is 29.5 Å². The largest absolute Gasteiger partial charge is 0.481 e. The molecule has 2 unspecified atom stereocenters. The Bertz CT molecular complexity index is 926. The molecule has 1 aromatic carbocycles. The molecule has 30 heavy (non-hydrogen) atoms. The maximum Gasteiger partial charge on any atom is 0.212 e. The standard InChI is InChI=1S/C23H27N3O4/c1-29-20-7-6-19(10-25-20)22(27)8-16-11-26(12-17(16)9-22)21(24)15-2-4-18(5-3-15)23(28)13-30-14-23/h2-7,10,16-17,24,27-28H,8-9,11-14H2,1H3. The quantitative estimate of drug-likeness (QED) is 0.527. The Morgan fingerprint density at radius 3 is 2.17 bits per heavy atom. The Hall–Kier alpha value is -2.48. The number of fused-ring (bicyclic) bond motifs is 1. The molecule has 0 amide bonds. The zero-order valence-electron chi connectivity index (χ0n) is 17.0. The van der Waals surface area contributed by atoms with Gasteiger partial charge >= 0.3 is 0 Å². The normalized spacial score (nSPS) is 29.4. The second-order valence-electron chi connectivity index (χ2n) is 8.90. The van der Waals surface area contributed by atoms with Crippen molar-refractivity contribution in [2.45, 2.75) is 24.0 Å². The molecule has 0 spiro atoms. The van der Waals surface area contributed by atoms with Gasteiger partial charge in [0.2, 0.25) is 5.88 Å². The first kappa shape index (κ1) is 19.5. The van der Waals surface area contributed by atoms with Crippen molar-refractivity contribution in [1.82, 2.24) is 9.88 Å². The number of amidine groups is 1. The van der Waals surface area contributed by atoms with Crippen molar-refractivity contribution < 1.29 is 19.7 Å². The summed E-state index contributed by atoms with van der Waals surface area (Å²) in [6.07, 6.45) is 3.07. The first-order valence-electron chi connectivity index (χ1n) is 10.4. The molecule has 1 saturated carbocycles. The van der Waals surface area contributed by atoms with Crippen molar-refractivity contribution in [1.29, 1.82) is 5.41 Å². The van der Waals surface area contributed by atoms with Crippen LogP contribution in [0.2, 0.25) is 0 Å². The van der Waals surface area contributed by atoms with Crippen molar-refractivity contribution in [3.05, 3.63) is 59.3 Å². The second-order valence-corrected chi connectivity index (χ2v) is 8.90. The lowest BCUT2D eigenvalue weighted by molar-refractivity contribution is -0.184. The van der Waals surface area contributed by atoms with Crippen molar-refractivity contribution in [2.24, 2.45) is 11.8 Å². The number of rotatable bonds is 4. The molecule has 7 nitrogen and oxygen atoms in total. The Morgan fingerprint density at radius 2 is 1.67 bits per heavy atom. The van der Waals surface area contributed by atoms with E-state index in [0.717, 1.165) is 29.8 Å². The van der Waals surface area contributed by atoms with Gasteiger partial charge < -0.3 is 24.6 Å². The number of benzene rings is 1. The fourth-order valence-electron chi connectivity index (χ4n) is 5.13. The first-order chi connectivity index (χ1) is 14.4. The monoisotopic (exact) mass is 409 g/mol. The van der Waals surface area contributed by atoms with E-state index in [1.54, 1.807) is 19.4 Å². The van der Waals surface area contributed by atoms with Crippen LogP contribution < -0.4 is 4.74 Å². The maximum absolute atomic E-state index is 11.2. The number of nitrogens with one attached hydrogen (secondary N) is 1.